The molecule has 0 amide bonds. The first-order valence-corrected chi connectivity index (χ1v) is 9.02. The highest BCUT2D eigenvalue weighted by atomic mass is 35.5. The highest BCUT2D eigenvalue weighted by Crippen LogP contribution is 2.22. The zero-order valence-corrected chi connectivity index (χ0v) is 14.8. The van der Waals surface area contributed by atoms with Crippen molar-refractivity contribution < 1.29 is 5.11 Å². The van der Waals surface area contributed by atoms with Gasteiger partial charge in [-0.15, -0.1) is 0 Å². The zero-order chi connectivity index (χ0) is 16.9. The number of H-pyrrole nitrogens is 1. The molecule has 3 rings (SSSR count). The number of piperidine rings is 1. The topological polar surface area (TPSA) is 63.7 Å². The molecular formula is C18H25ClN4O. The Bertz CT molecular complexity index is 704. The van der Waals surface area contributed by atoms with Crippen LogP contribution in [0.5, 0.6) is 0 Å². The van der Waals surface area contributed by atoms with Gasteiger partial charge in [0, 0.05) is 48.3 Å². The molecule has 0 aliphatic carbocycles. The number of benzene rings is 1. The number of aromatic nitrogens is 1. The van der Waals surface area contributed by atoms with Crippen molar-refractivity contribution >= 4 is 28.5 Å². The molecule has 1 aliphatic rings. The maximum absolute atomic E-state index is 9.66. The Morgan fingerprint density at radius 1 is 1.42 bits per heavy atom. The fraction of sp³-hybridized carbons (Fsp3) is 0.500. The minimum Gasteiger partial charge on any atom is -0.393 e. The first-order chi connectivity index (χ1) is 11.7. The Morgan fingerprint density at radius 3 is 2.96 bits per heavy atom. The summed E-state index contributed by atoms with van der Waals surface area (Å²) < 4.78 is 0. The lowest BCUT2D eigenvalue weighted by Gasteiger charge is -2.32. The van der Waals surface area contributed by atoms with Crippen molar-refractivity contribution in [2.45, 2.75) is 32.3 Å². The summed E-state index contributed by atoms with van der Waals surface area (Å²) in [7, 11) is 0. The van der Waals surface area contributed by atoms with E-state index < -0.39 is 0 Å². The fourth-order valence-corrected chi connectivity index (χ4v) is 3.32. The number of rotatable bonds is 4. The highest BCUT2D eigenvalue weighted by molar-refractivity contribution is 6.31. The van der Waals surface area contributed by atoms with Gasteiger partial charge in [-0.25, -0.2) is 0 Å². The van der Waals surface area contributed by atoms with Crippen LogP contribution >= 0.6 is 11.6 Å². The van der Waals surface area contributed by atoms with E-state index in [0.717, 1.165) is 61.9 Å². The summed E-state index contributed by atoms with van der Waals surface area (Å²) in [5.74, 6) is 0.947. The number of guanidine groups is 1. The number of aliphatic hydroxyl groups is 1. The number of nitrogens with zero attached hydrogens (tertiary/aromatic N) is 2. The minimum absolute atomic E-state index is 0.167. The van der Waals surface area contributed by atoms with E-state index in [1.165, 1.54) is 10.9 Å². The van der Waals surface area contributed by atoms with Crippen LogP contribution in [0.15, 0.2) is 29.4 Å². The molecule has 1 aliphatic heterocycles. The highest BCUT2D eigenvalue weighted by Gasteiger charge is 2.19. The number of hydrogen-bond donors (Lipinski definition) is 3. The molecule has 24 heavy (non-hydrogen) atoms. The number of halogens is 1. The van der Waals surface area contributed by atoms with Crippen molar-refractivity contribution in [3.63, 3.8) is 0 Å². The molecule has 2 aromatic rings. The van der Waals surface area contributed by atoms with Gasteiger partial charge in [0.05, 0.1) is 6.10 Å². The lowest BCUT2D eigenvalue weighted by atomic mass is 10.1. The molecule has 0 unspecified atom stereocenters. The fourth-order valence-electron chi connectivity index (χ4n) is 3.14. The van der Waals surface area contributed by atoms with E-state index >= 15 is 0 Å². The van der Waals surface area contributed by atoms with Crippen LogP contribution in [0.2, 0.25) is 5.02 Å². The van der Waals surface area contributed by atoms with Crippen molar-refractivity contribution in [1.82, 2.24) is 15.2 Å². The second-order valence-corrected chi connectivity index (χ2v) is 6.64. The maximum Gasteiger partial charge on any atom is 0.193 e. The summed E-state index contributed by atoms with van der Waals surface area (Å²) in [6.07, 6.45) is 4.36. The van der Waals surface area contributed by atoms with Gasteiger partial charge in [-0.1, -0.05) is 11.6 Å². The molecule has 0 bridgehead atoms. The molecule has 1 aromatic heterocycles. The van der Waals surface area contributed by atoms with Crippen LogP contribution in [0.25, 0.3) is 10.9 Å². The van der Waals surface area contributed by atoms with E-state index in [1.54, 1.807) is 0 Å². The number of aromatic amines is 1. The van der Waals surface area contributed by atoms with Gasteiger partial charge in [-0.05, 0) is 49.9 Å². The van der Waals surface area contributed by atoms with Gasteiger partial charge in [0.15, 0.2) is 5.96 Å². The largest absolute Gasteiger partial charge is 0.393 e. The van der Waals surface area contributed by atoms with E-state index in [-0.39, 0.29) is 6.10 Å². The van der Waals surface area contributed by atoms with E-state index in [0.29, 0.717) is 0 Å². The van der Waals surface area contributed by atoms with E-state index in [9.17, 15) is 5.11 Å². The molecule has 1 saturated heterocycles. The molecular weight excluding hydrogens is 324 g/mol. The number of aliphatic hydroxyl groups excluding tert-OH is 1. The molecule has 5 nitrogen and oxygen atoms in total. The van der Waals surface area contributed by atoms with Gasteiger partial charge in [-0.2, -0.15) is 0 Å². The van der Waals surface area contributed by atoms with Crippen LogP contribution in [0.1, 0.15) is 25.3 Å². The van der Waals surface area contributed by atoms with Gasteiger partial charge in [0.2, 0.25) is 0 Å². The van der Waals surface area contributed by atoms with Gasteiger partial charge in [0.1, 0.15) is 0 Å². The SMILES string of the molecule is CCNC(=NCCc1c[nH]c2ccc(Cl)cc12)N1CCC(O)CC1. The van der Waals surface area contributed by atoms with Crippen molar-refractivity contribution in [2.24, 2.45) is 4.99 Å². The van der Waals surface area contributed by atoms with Crippen molar-refractivity contribution in [2.75, 3.05) is 26.2 Å². The van der Waals surface area contributed by atoms with Crippen LogP contribution in [-0.4, -0.2) is 53.2 Å². The quantitative estimate of drug-likeness (QED) is 0.588. The molecule has 0 spiro atoms. The monoisotopic (exact) mass is 348 g/mol. The number of nitrogens with one attached hydrogen (secondary N) is 2. The zero-order valence-electron chi connectivity index (χ0n) is 14.1. The third-order valence-electron chi connectivity index (χ3n) is 4.47. The van der Waals surface area contributed by atoms with Crippen molar-refractivity contribution in [3.8, 4) is 0 Å². The molecule has 0 saturated carbocycles. The summed E-state index contributed by atoms with van der Waals surface area (Å²) in [5.41, 5.74) is 2.34. The van der Waals surface area contributed by atoms with Crippen LogP contribution < -0.4 is 5.32 Å². The Kier molecular flexibility index (Phi) is 5.63. The third-order valence-corrected chi connectivity index (χ3v) is 4.71. The number of aliphatic imine (C=N–C) groups is 1. The number of fused-ring (bicyclic) bond motifs is 1. The Labute approximate surface area is 147 Å². The third kappa shape index (κ3) is 4.02. The van der Waals surface area contributed by atoms with Crippen molar-refractivity contribution in [1.29, 1.82) is 0 Å². The lowest BCUT2D eigenvalue weighted by Crippen LogP contribution is -2.46. The first-order valence-electron chi connectivity index (χ1n) is 8.64. The van der Waals surface area contributed by atoms with Gasteiger partial charge >= 0.3 is 0 Å². The molecule has 2 heterocycles. The predicted octanol–water partition coefficient (Wildman–Crippen LogP) is 2.79. The smallest absolute Gasteiger partial charge is 0.193 e. The molecule has 0 radical (unpaired) electrons. The molecule has 3 N–H and O–H groups in total. The molecule has 0 atom stereocenters. The Morgan fingerprint density at radius 2 is 2.21 bits per heavy atom. The van der Waals surface area contributed by atoms with Gasteiger partial charge in [-0.3, -0.25) is 4.99 Å². The van der Waals surface area contributed by atoms with Crippen LogP contribution in [0.3, 0.4) is 0 Å². The Balaban J connectivity index is 1.66. The van der Waals surface area contributed by atoms with E-state index in [4.69, 9.17) is 16.6 Å². The lowest BCUT2D eigenvalue weighted by molar-refractivity contribution is 0.108. The van der Waals surface area contributed by atoms with Crippen LogP contribution in [0, 0.1) is 0 Å². The first kappa shape index (κ1) is 17.1. The average molecular weight is 349 g/mol. The van der Waals surface area contributed by atoms with Crippen LogP contribution in [-0.2, 0) is 6.42 Å². The molecule has 130 valence electrons. The second-order valence-electron chi connectivity index (χ2n) is 6.21. The van der Waals surface area contributed by atoms with Gasteiger partial charge in [0.25, 0.3) is 0 Å². The Hall–Kier alpha value is -1.72. The summed E-state index contributed by atoms with van der Waals surface area (Å²) in [6, 6.07) is 5.91. The standard InChI is InChI=1S/C18H25ClN4O/c1-2-20-18(23-9-6-15(24)7-10-23)21-8-5-13-12-22-17-4-3-14(19)11-16(13)17/h3-4,11-12,15,22,24H,2,5-10H2,1H3,(H,20,21). The summed E-state index contributed by atoms with van der Waals surface area (Å²) in [5, 5.41) is 14.9. The molecule has 1 aromatic carbocycles. The molecule has 6 heteroatoms. The average Bonchev–Trinajstić information content (AvgIpc) is 2.97. The molecule has 1 fully saturated rings. The maximum atomic E-state index is 9.66. The van der Waals surface area contributed by atoms with Crippen molar-refractivity contribution in [3.05, 3.63) is 35.0 Å². The van der Waals surface area contributed by atoms with E-state index in [2.05, 4.69) is 22.1 Å². The second kappa shape index (κ2) is 7.90. The van der Waals surface area contributed by atoms with E-state index in [1.807, 2.05) is 24.4 Å². The summed E-state index contributed by atoms with van der Waals surface area (Å²) in [4.78, 5) is 10.3. The predicted molar refractivity (Wildman–Crippen MR) is 99.8 cm³/mol. The summed E-state index contributed by atoms with van der Waals surface area (Å²) >= 11 is 6.11. The van der Waals surface area contributed by atoms with Gasteiger partial charge < -0.3 is 20.3 Å². The number of likely N-dealkylation sites (tertiary alicyclic amines) is 1. The normalized spacial score (nSPS) is 16.8. The summed E-state index contributed by atoms with van der Waals surface area (Å²) in [6.45, 7) is 5.36. The van der Waals surface area contributed by atoms with Crippen LogP contribution in [0.4, 0.5) is 0 Å². The number of hydrogen-bond acceptors (Lipinski definition) is 2. The minimum atomic E-state index is -0.167.